The number of aliphatic hydroxyl groups is 1. The van der Waals surface area contributed by atoms with Crippen molar-refractivity contribution in [1.82, 2.24) is 0 Å². The quantitative estimate of drug-likeness (QED) is 0.866. The third kappa shape index (κ3) is 4.12. The zero-order valence-corrected chi connectivity index (χ0v) is 12.5. The van der Waals surface area contributed by atoms with Crippen molar-refractivity contribution in [2.75, 3.05) is 6.61 Å². The summed E-state index contributed by atoms with van der Waals surface area (Å²) in [4.78, 5) is 1.13. The zero-order chi connectivity index (χ0) is 14.4. The standard InChI is InChI=1S/C17H18O2S/c1-13(2)15-6-3-7-16(10-15)19-11-17-9-14(12-20-17)5-4-8-18/h3,6-7,9-10,12-13,18H,8,11H2,1-2H3. The molecule has 1 heterocycles. The molecule has 0 fully saturated rings. The van der Waals surface area contributed by atoms with Crippen molar-refractivity contribution in [2.24, 2.45) is 0 Å². The van der Waals surface area contributed by atoms with Crippen molar-refractivity contribution in [2.45, 2.75) is 26.4 Å². The molecule has 0 bridgehead atoms. The maximum atomic E-state index is 8.66. The molecule has 20 heavy (non-hydrogen) atoms. The van der Waals surface area contributed by atoms with E-state index in [-0.39, 0.29) is 6.61 Å². The number of ether oxygens (including phenoxy) is 1. The van der Waals surface area contributed by atoms with Crippen LogP contribution < -0.4 is 4.74 Å². The van der Waals surface area contributed by atoms with Crippen LogP contribution in [0, 0.1) is 11.8 Å². The monoisotopic (exact) mass is 286 g/mol. The molecule has 0 unspecified atom stereocenters. The molecule has 0 amide bonds. The molecule has 0 atom stereocenters. The molecule has 1 aromatic carbocycles. The predicted octanol–water partition coefficient (Wildman–Crippen LogP) is 3.79. The third-order valence-electron chi connectivity index (χ3n) is 2.87. The van der Waals surface area contributed by atoms with Gasteiger partial charge >= 0.3 is 0 Å². The second kappa shape index (κ2) is 7.14. The van der Waals surface area contributed by atoms with Gasteiger partial charge in [0, 0.05) is 15.8 Å². The Balaban J connectivity index is 1.98. The van der Waals surface area contributed by atoms with Gasteiger partial charge in [-0.2, -0.15) is 0 Å². The molecule has 1 N–H and O–H groups in total. The number of hydrogen-bond donors (Lipinski definition) is 1. The van der Waals surface area contributed by atoms with Crippen molar-refractivity contribution in [3.63, 3.8) is 0 Å². The second-order valence-corrected chi connectivity index (χ2v) is 5.77. The topological polar surface area (TPSA) is 29.5 Å². The first-order chi connectivity index (χ1) is 9.69. The Morgan fingerprint density at radius 2 is 2.15 bits per heavy atom. The Kier molecular flexibility index (Phi) is 5.23. The first kappa shape index (κ1) is 14.6. The van der Waals surface area contributed by atoms with Gasteiger partial charge in [0.25, 0.3) is 0 Å². The molecule has 0 saturated heterocycles. The van der Waals surface area contributed by atoms with Gasteiger partial charge in [0.1, 0.15) is 19.0 Å². The van der Waals surface area contributed by atoms with Crippen LogP contribution in [0.5, 0.6) is 5.75 Å². The van der Waals surface area contributed by atoms with Crippen LogP contribution in [-0.2, 0) is 6.61 Å². The number of aliphatic hydroxyl groups excluding tert-OH is 1. The molecule has 2 nitrogen and oxygen atoms in total. The summed E-state index contributed by atoms with van der Waals surface area (Å²) in [5, 5.41) is 10.6. The molecule has 1 aromatic heterocycles. The van der Waals surface area contributed by atoms with Crippen LogP contribution in [0.25, 0.3) is 0 Å². The summed E-state index contributed by atoms with van der Waals surface area (Å²) in [6.07, 6.45) is 0. The van der Waals surface area contributed by atoms with E-state index in [1.54, 1.807) is 11.3 Å². The van der Waals surface area contributed by atoms with Gasteiger partial charge in [-0.1, -0.05) is 37.8 Å². The van der Waals surface area contributed by atoms with E-state index in [2.05, 4.69) is 37.8 Å². The number of benzene rings is 1. The summed E-state index contributed by atoms with van der Waals surface area (Å²) in [7, 11) is 0. The molecule has 0 spiro atoms. The van der Waals surface area contributed by atoms with Crippen molar-refractivity contribution in [1.29, 1.82) is 0 Å². The van der Waals surface area contributed by atoms with Crippen LogP contribution in [0.2, 0.25) is 0 Å². The summed E-state index contributed by atoms with van der Waals surface area (Å²) in [5.74, 6) is 6.93. The molecule has 0 saturated carbocycles. The van der Waals surface area contributed by atoms with E-state index < -0.39 is 0 Å². The van der Waals surface area contributed by atoms with Gasteiger partial charge in [0.15, 0.2) is 0 Å². The number of hydrogen-bond acceptors (Lipinski definition) is 3. The van der Waals surface area contributed by atoms with E-state index in [0.29, 0.717) is 12.5 Å². The molecule has 3 heteroatoms. The third-order valence-corrected chi connectivity index (χ3v) is 3.78. The van der Waals surface area contributed by atoms with Crippen LogP contribution in [0.15, 0.2) is 35.7 Å². The average molecular weight is 286 g/mol. The number of thiophene rings is 1. The van der Waals surface area contributed by atoms with Gasteiger partial charge in [-0.3, -0.25) is 0 Å². The molecule has 2 aromatic rings. The molecular formula is C17H18O2S. The van der Waals surface area contributed by atoms with E-state index >= 15 is 0 Å². The highest BCUT2D eigenvalue weighted by Gasteiger charge is 2.03. The lowest BCUT2D eigenvalue weighted by atomic mass is 10.0. The Hall–Kier alpha value is -1.76. The Bertz CT molecular complexity index is 617. The molecule has 0 aliphatic rings. The minimum atomic E-state index is -0.107. The molecular weight excluding hydrogens is 268 g/mol. The number of rotatable bonds is 4. The highest BCUT2D eigenvalue weighted by Crippen LogP contribution is 2.22. The molecule has 104 valence electrons. The fraction of sp³-hybridized carbons (Fsp3) is 0.294. The SMILES string of the molecule is CC(C)c1cccc(OCc2cc(C#CCO)cs2)c1. The molecule has 2 rings (SSSR count). The molecule has 0 radical (unpaired) electrons. The summed E-state index contributed by atoms with van der Waals surface area (Å²) < 4.78 is 5.81. The molecule has 0 aliphatic heterocycles. The minimum Gasteiger partial charge on any atom is -0.488 e. The summed E-state index contributed by atoms with van der Waals surface area (Å²) in [6.45, 7) is 4.78. The second-order valence-electron chi connectivity index (χ2n) is 4.78. The van der Waals surface area contributed by atoms with E-state index in [0.717, 1.165) is 16.2 Å². The maximum absolute atomic E-state index is 8.66. The molecule has 0 aliphatic carbocycles. The van der Waals surface area contributed by atoms with Crippen molar-refractivity contribution in [3.8, 4) is 17.6 Å². The summed E-state index contributed by atoms with van der Waals surface area (Å²) >= 11 is 1.62. The van der Waals surface area contributed by atoms with Gasteiger partial charge in [0.05, 0.1) is 0 Å². The lowest BCUT2D eigenvalue weighted by Gasteiger charge is -2.09. The highest BCUT2D eigenvalue weighted by molar-refractivity contribution is 7.10. The largest absolute Gasteiger partial charge is 0.488 e. The summed E-state index contributed by atoms with van der Waals surface area (Å²) in [6, 6.07) is 10.2. The van der Waals surface area contributed by atoms with Crippen LogP contribution in [-0.4, -0.2) is 11.7 Å². The van der Waals surface area contributed by atoms with Crippen LogP contribution >= 0.6 is 11.3 Å². The lowest BCUT2D eigenvalue weighted by Crippen LogP contribution is -1.94. The lowest BCUT2D eigenvalue weighted by molar-refractivity contribution is 0.309. The maximum Gasteiger partial charge on any atom is 0.122 e. The van der Waals surface area contributed by atoms with Gasteiger partial charge in [0.2, 0.25) is 0 Å². The summed E-state index contributed by atoms with van der Waals surface area (Å²) in [5.41, 5.74) is 2.21. The Morgan fingerprint density at radius 1 is 1.30 bits per heavy atom. The minimum absolute atomic E-state index is 0.107. The zero-order valence-electron chi connectivity index (χ0n) is 11.7. The predicted molar refractivity (Wildman–Crippen MR) is 83.1 cm³/mol. The van der Waals surface area contributed by atoms with E-state index in [4.69, 9.17) is 9.84 Å². The van der Waals surface area contributed by atoms with E-state index in [1.807, 2.05) is 23.6 Å². The van der Waals surface area contributed by atoms with Crippen molar-refractivity contribution in [3.05, 3.63) is 51.7 Å². The Morgan fingerprint density at radius 3 is 2.90 bits per heavy atom. The first-order valence-electron chi connectivity index (χ1n) is 6.59. The van der Waals surface area contributed by atoms with Crippen LogP contribution in [0.1, 0.15) is 35.8 Å². The van der Waals surface area contributed by atoms with Gasteiger partial charge in [-0.15, -0.1) is 11.3 Å². The van der Waals surface area contributed by atoms with Crippen molar-refractivity contribution < 1.29 is 9.84 Å². The normalized spacial score (nSPS) is 10.2. The fourth-order valence-corrected chi connectivity index (χ4v) is 2.51. The smallest absolute Gasteiger partial charge is 0.122 e. The fourth-order valence-electron chi connectivity index (χ4n) is 1.78. The van der Waals surface area contributed by atoms with Gasteiger partial charge < -0.3 is 9.84 Å². The van der Waals surface area contributed by atoms with E-state index in [9.17, 15) is 0 Å². The van der Waals surface area contributed by atoms with Gasteiger partial charge in [-0.25, -0.2) is 0 Å². The van der Waals surface area contributed by atoms with Crippen molar-refractivity contribution >= 4 is 11.3 Å². The average Bonchev–Trinajstić information content (AvgIpc) is 2.91. The van der Waals surface area contributed by atoms with Crippen LogP contribution in [0.3, 0.4) is 0 Å². The van der Waals surface area contributed by atoms with Gasteiger partial charge in [-0.05, 0) is 29.7 Å². The van der Waals surface area contributed by atoms with Crippen LogP contribution in [0.4, 0.5) is 0 Å². The Labute approximate surface area is 124 Å². The first-order valence-corrected chi connectivity index (χ1v) is 7.47. The van der Waals surface area contributed by atoms with E-state index in [1.165, 1.54) is 5.56 Å². The highest BCUT2D eigenvalue weighted by atomic mass is 32.1.